The van der Waals surface area contributed by atoms with Crippen molar-refractivity contribution in [3.63, 3.8) is 0 Å². The van der Waals surface area contributed by atoms with E-state index in [9.17, 15) is 5.11 Å². The molecule has 0 unspecified atom stereocenters. The van der Waals surface area contributed by atoms with Gasteiger partial charge in [-0.05, 0) is 0 Å². The number of phenols is 1. The molecule has 1 aliphatic heterocycles. The Bertz CT molecular complexity index is 711. The van der Waals surface area contributed by atoms with Crippen molar-refractivity contribution in [3.8, 4) is 5.75 Å². The maximum absolute atomic E-state index is 9.86. The van der Waals surface area contributed by atoms with Crippen molar-refractivity contribution in [2.24, 2.45) is 7.92 Å². The van der Waals surface area contributed by atoms with E-state index in [-0.39, 0.29) is 20.3 Å². The fourth-order valence-corrected chi connectivity index (χ4v) is 3.19. The van der Waals surface area contributed by atoms with Crippen LogP contribution in [-0.4, -0.2) is 19.7 Å². The summed E-state index contributed by atoms with van der Waals surface area (Å²) in [4.78, 5) is 0. The number of phenolic OH excluding ortho intramolecular Hbond substituents is 1. The average Bonchev–Trinajstić information content (AvgIpc) is 2.89. The minimum atomic E-state index is -0.0433. The molecule has 2 aromatic rings. The summed E-state index contributed by atoms with van der Waals surface area (Å²) >= 11 is 5.84. The number of halogens is 1. The van der Waals surface area contributed by atoms with Crippen molar-refractivity contribution in [1.82, 2.24) is 0 Å². The number of hydrogen-bond acceptors (Lipinski definition) is 4. The molecule has 1 heterocycles. The van der Waals surface area contributed by atoms with Crippen LogP contribution in [0.2, 0.25) is 5.02 Å². The molecule has 2 aromatic carbocycles. The van der Waals surface area contributed by atoms with Crippen molar-refractivity contribution < 1.29 is 5.11 Å². The number of aromatic hydroxyl groups is 1. The first-order chi connectivity index (χ1) is 9.25. The van der Waals surface area contributed by atoms with Gasteiger partial charge in [0.1, 0.15) is 0 Å². The van der Waals surface area contributed by atoms with E-state index in [0.29, 0.717) is 11.6 Å². The summed E-state index contributed by atoms with van der Waals surface area (Å²) in [6, 6.07) is 11.2. The summed E-state index contributed by atoms with van der Waals surface area (Å²) in [6.45, 7) is 0.491. The molecule has 0 spiro atoms. The number of nitrogens with zero attached hydrogens (tertiary/aromatic N) is 2. The molecule has 0 aliphatic carbocycles. The molecule has 0 fully saturated rings. The van der Waals surface area contributed by atoms with Crippen LogP contribution in [0.1, 0.15) is 5.56 Å². The molecule has 19 heavy (non-hydrogen) atoms. The summed E-state index contributed by atoms with van der Waals surface area (Å²) in [5, 5.41) is 13.5. The van der Waals surface area contributed by atoms with E-state index < -0.39 is 0 Å². The maximum atomic E-state index is 9.86. The number of fused-ring (bicyclic) bond motifs is 1. The van der Waals surface area contributed by atoms with E-state index in [0.717, 1.165) is 22.6 Å². The molecule has 0 aromatic heterocycles. The van der Waals surface area contributed by atoms with Gasteiger partial charge in [0, 0.05) is 0 Å². The van der Waals surface area contributed by atoms with E-state index in [1.165, 1.54) is 0 Å². The Morgan fingerprint density at radius 3 is 2.89 bits per heavy atom. The van der Waals surface area contributed by atoms with Crippen molar-refractivity contribution in [2.45, 2.75) is 6.54 Å². The molecule has 4 nitrogen and oxygen atoms in total. The Labute approximate surface area is 121 Å². The van der Waals surface area contributed by atoms with E-state index in [4.69, 9.17) is 11.6 Å². The molecule has 0 saturated carbocycles. The van der Waals surface area contributed by atoms with Gasteiger partial charge in [0.15, 0.2) is 0 Å². The molecule has 0 radical (unpaired) electrons. The number of hydrogen-bond donors (Lipinski definition) is 2. The Hall–Kier alpha value is -1.55. The number of rotatable bonds is 3. The van der Waals surface area contributed by atoms with Gasteiger partial charge in [-0.15, -0.1) is 0 Å². The molecule has 3 rings (SSSR count). The topological polar surface area (TPSA) is 57.0 Å². The second kappa shape index (κ2) is 5.21. The van der Waals surface area contributed by atoms with Crippen molar-refractivity contribution >= 4 is 43.2 Å². The second-order valence-electron chi connectivity index (χ2n) is 4.04. The summed E-state index contributed by atoms with van der Waals surface area (Å²) in [6.07, 6.45) is 0. The van der Waals surface area contributed by atoms with E-state index in [1.54, 1.807) is 6.07 Å². The van der Waals surface area contributed by atoms with Crippen LogP contribution in [0.4, 0.5) is 17.1 Å². The third-order valence-corrected chi connectivity index (χ3v) is 4.27. The van der Waals surface area contributed by atoms with E-state index in [2.05, 4.69) is 13.2 Å². The van der Waals surface area contributed by atoms with Crippen LogP contribution in [0.15, 0.2) is 44.3 Å². The van der Waals surface area contributed by atoms with Crippen LogP contribution < -0.4 is 5.32 Å². The summed E-state index contributed by atoms with van der Waals surface area (Å²) in [5.74, 6) is 0.120. The SMILES string of the molecule is Oc1c(Cl)cccc1CNc1cccc2c1N=[Se]=N2. The van der Waals surface area contributed by atoms with Gasteiger partial charge in [-0.25, -0.2) is 0 Å². The van der Waals surface area contributed by atoms with Gasteiger partial charge in [0.2, 0.25) is 0 Å². The number of para-hydroxylation sites is 1. The van der Waals surface area contributed by atoms with Crippen LogP contribution in [-0.2, 0) is 6.54 Å². The Balaban J connectivity index is 1.83. The summed E-state index contributed by atoms with van der Waals surface area (Å²) in [5.41, 5.74) is 3.52. The van der Waals surface area contributed by atoms with Gasteiger partial charge in [-0.1, -0.05) is 0 Å². The number of benzene rings is 2. The van der Waals surface area contributed by atoms with Gasteiger partial charge >= 0.3 is 121 Å². The third-order valence-electron chi connectivity index (χ3n) is 2.83. The Morgan fingerprint density at radius 1 is 1.16 bits per heavy atom. The molecule has 0 bridgehead atoms. The van der Waals surface area contributed by atoms with Gasteiger partial charge in [0.05, 0.1) is 0 Å². The molecular formula is C13H10ClN3OSe. The van der Waals surface area contributed by atoms with Crippen LogP contribution in [0.25, 0.3) is 0 Å². The van der Waals surface area contributed by atoms with Crippen molar-refractivity contribution in [3.05, 3.63) is 47.0 Å². The summed E-state index contributed by atoms with van der Waals surface area (Å²) in [7, 11) is 0. The predicted molar refractivity (Wildman–Crippen MR) is 76.8 cm³/mol. The first-order valence-corrected chi connectivity index (χ1v) is 7.58. The quantitative estimate of drug-likeness (QED) is 0.709. The Morgan fingerprint density at radius 2 is 2.00 bits per heavy atom. The summed E-state index contributed by atoms with van der Waals surface area (Å²) < 4.78 is 8.73. The molecule has 2 N–H and O–H groups in total. The van der Waals surface area contributed by atoms with Crippen LogP contribution in [0.3, 0.4) is 0 Å². The van der Waals surface area contributed by atoms with Crippen LogP contribution >= 0.6 is 11.6 Å². The van der Waals surface area contributed by atoms with Gasteiger partial charge in [-0.3, -0.25) is 0 Å². The van der Waals surface area contributed by atoms with E-state index in [1.807, 2.05) is 30.3 Å². The molecule has 0 atom stereocenters. The van der Waals surface area contributed by atoms with Crippen molar-refractivity contribution in [1.29, 1.82) is 0 Å². The molecule has 96 valence electrons. The molecule has 6 heteroatoms. The first kappa shape index (κ1) is 12.5. The second-order valence-corrected chi connectivity index (χ2v) is 5.55. The van der Waals surface area contributed by atoms with Crippen molar-refractivity contribution in [2.75, 3.05) is 5.32 Å². The third kappa shape index (κ3) is 2.45. The molecule has 1 aliphatic rings. The monoisotopic (exact) mass is 339 g/mol. The van der Waals surface area contributed by atoms with E-state index >= 15 is 0 Å². The zero-order valence-electron chi connectivity index (χ0n) is 9.80. The molecule has 0 amide bonds. The van der Waals surface area contributed by atoms with Crippen LogP contribution in [0, 0.1) is 0 Å². The van der Waals surface area contributed by atoms with Gasteiger partial charge < -0.3 is 0 Å². The minimum absolute atomic E-state index is 0.0433. The fourth-order valence-electron chi connectivity index (χ4n) is 1.84. The first-order valence-electron chi connectivity index (χ1n) is 5.67. The number of nitrogens with one attached hydrogen (secondary N) is 1. The average molecular weight is 339 g/mol. The zero-order valence-corrected chi connectivity index (χ0v) is 12.3. The van der Waals surface area contributed by atoms with Crippen LogP contribution in [0.5, 0.6) is 5.75 Å². The normalized spacial score (nSPS) is 12.1. The van der Waals surface area contributed by atoms with Gasteiger partial charge in [0.25, 0.3) is 0 Å². The number of anilines is 1. The predicted octanol–water partition coefficient (Wildman–Crippen LogP) is 4.01. The standard InChI is InChI=1S/C13H10ClN3OSe/c14-9-4-1-3-8(13(9)18)7-15-10-5-2-6-11-12(10)17-19-16-11/h1-6,15,18H,7H2. The zero-order chi connectivity index (χ0) is 13.2. The fraction of sp³-hybridized carbons (Fsp3) is 0.0769. The molecular weight excluding hydrogens is 329 g/mol. The van der Waals surface area contributed by atoms with Gasteiger partial charge in [-0.2, -0.15) is 0 Å². The Kier molecular flexibility index (Phi) is 3.42. The molecule has 0 saturated heterocycles.